The monoisotopic (exact) mass is 242 g/mol. The number of carbonyl (C=O) groups is 1. The van der Waals surface area contributed by atoms with Crippen molar-refractivity contribution in [1.82, 2.24) is 0 Å². The molecule has 0 fully saturated rings. The summed E-state index contributed by atoms with van der Waals surface area (Å²) in [5.74, 6) is 0.112. The summed E-state index contributed by atoms with van der Waals surface area (Å²) in [5, 5.41) is 0. The SMILES string of the molecule is COC1(C)C(=O)c2ccccc2C2=C1CCCC2. The Morgan fingerprint density at radius 3 is 2.50 bits per heavy atom. The lowest BCUT2D eigenvalue weighted by Gasteiger charge is -2.39. The summed E-state index contributed by atoms with van der Waals surface area (Å²) in [4.78, 5) is 12.7. The Morgan fingerprint density at radius 2 is 1.78 bits per heavy atom. The smallest absolute Gasteiger partial charge is 0.199 e. The zero-order chi connectivity index (χ0) is 12.8. The van der Waals surface area contributed by atoms with Gasteiger partial charge in [-0.3, -0.25) is 4.79 Å². The van der Waals surface area contributed by atoms with E-state index in [0.717, 1.165) is 30.4 Å². The maximum absolute atomic E-state index is 12.7. The Labute approximate surface area is 108 Å². The van der Waals surface area contributed by atoms with Crippen LogP contribution in [0, 0.1) is 0 Å². The number of carbonyl (C=O) groups excluding carboxylic acids is 1. The van der Waals surface area contributed by atoms with Crippen molar-refractivity contribution in [2.75, 3.05) is 7.11 Å². The Kier molecular flexibility index (Phi) is 2.63. The van der Waals surface area contributed by atoms with Crippen LogP contribution in [0.1, 0.15) is 48.5 Å². The van der Waals surface area contributed by atoms with Crippen LogP contribution in [0.25, 0.3) is 5.57 Å². The van der Waals surface area contributed by atoms with E-state index in [1.165, 1.54) is 17.6 Å². The number of hydrogen-bond acceptors (Lipinski definition) is 2. The summed E-state index contributed by atoms with van der Waals surface area (Å²) in [6.45, 7) is 1.92. The van der Waals surface area contributed by atoms with Gasteiger partial charge in [0, 0.05) is 12.7 Å². The number of rotatable bonds is 1. The minimum Gasteiger partial charge on any atom is -0.366 e. The van der Waals surface area contributed by atoms with Crippen LogP contribution in [0.4, 0.5) is 0 Å². The van der Waals surface area contributed by atoms with Gasteiger partial charge in [-0.2, -0.15) is 0 Å². The van der Waals surface area contributed by atoms with Crippen LogP contribution in [-0.4, -0.2) is 18.5 Å². The molecule has 1 aromatic rings. The van der Waals surface area contributed by atoms with Gasteiger partial charge in [-0.05, 0) is 49.3 Å². The summed E-state index contributed by atoms with van der Waals surface area (Å²) in [6.07, 6.45) is 4.42. The largest absolute Gasteiger partial charge is 0.366 e. The molecule has 0 aliphatic heterocycles. The average Bonchev–Trinajstić information content (AvgIpc) is 2.45. The molecule has 18 heavy (non-hydrogen) atoms. The maximum atomic E-state index is 12.7. The van der Waals surface area contributed by atoms with E-state index in [9.17, 15) is 4.79 Å². The number of allylic oxidation sites excluding steroid dienone is 1. The molecule has 0 amide bonds. The minimum absolute atomic E-state index is 0.112. The fourth-order valence-corrected chi connectivity index (χ4v) is 3.28. The predicted octanol–water partition coefficient (Wildman–Crippen LogP) is 3.62. The highest BCUT2D eigenvalue weighted by Crippen LogP contribution is 2.45. The first-order valence-corrected chi connectivity index (χ1v) is 6.60. The number of Topliss-reactive ketones (excluding diaryl/α,β-unsaturated/α-hetero) is 1. The van der Waals surface area contributed by atoms with E-state index in [-0.39, 0.29) is 5.78 Å². The second-order valence-electron chi connectivity index (χ2n) is 5.28. The Hall–Kier alpha value is -1.41. The van der Waals surface area contributed by atoms with Gasteiger partial charge < -0.3 is 4.74 Å². The van der Waals surface area contributed by atoms with Gasteiger partial charge >= 0.3 is 0 Å². The standard InChI is InChI=1S/C16H18O2/c1-16(18-2)14-10-6-5-8-12(14)11-7-3-4-9-13(11)15(16)17/h3-4,7,9H,5-6,8,10H2,1-2H3. The number of hydrogen-bond donors (Lipinski definition) is 0. The van der Waals surface area contributed by atoms with Gasteiger partial charge in [0.15, 0.2) is 5.78 Å². The van der Waals surface area contributed by atoms with Gasteiger partial charge in [-0.25, -0.2) is 0 Å². The Morgan fingerprint density at radius 1 is 1.11 bits per heavy atom. The molecule has 94 valence electrons. The molecular formula is C16H18O2. The van der Waals surface area contributed by atoms with E-state index in [4.69, 9.17) is 4.74 Å². The zero-order valence-electron chi connectivity index (χ0n) is 11.0. The van der Waals surface area contributed by atoms with Crippen molar-refractivity contribution in [2.24, 2.45) is 0 Å². The fraction of sp³-hybridized carbons (Fsp3) is 0.438. The van der Waals surface area contributed by atoms with E-state index in [0.29, 0.717) is 0 Å². The molecule has 0 radical (unpaired) electrons. The molecule has 0 spiro atoms. The first kappa shape index (κ1) is 11.7. The van der Waals surface area contributed by atoms with E-state index in [1.807, 2.05) is 25.1 Å². The van der Waals surface area contributed by atoms with Gasteiger partial charge in [0.05, 0.1) is 0 Å². The summed E-state index contributed by atoms with van der Waals surface area (Å²) in [6, 6.07) is 7.94. The predicted molar refractivity (Wildman–Crippen MR) is 71.6 cm³/mol. The molecule has 0 saturated heterocycles. The summed E-state index contributed by atoms with van der Waals surface area (Å²) >= 11 is 0. The number of fused-ring (bicyclic) bond motifs is 2. The summed E-state index contributed by atoms with van der Waals surface area (Å²) < 4.78 is 5.61. The van der Waals surface area contributed by atoms with Gasteiger partial charge in [0.25, 0.3) is 0 Å². The molecule has 3 rings (SSSR count). The lowest BCUT2D eigenvalue weighted by atomic mass is 9.70. The van der Waals surface area contributed by atoms with Crippen molar-refractivity contribution in [3.05, 3.63) is 41.0 Å². The second kappa shape index (κ2) is 4.06. The van der Waals surface area contributed by atoms with Crippen LogP contribution >= 0.6 is 0 Å². The molecule has 0 aromatic heterocycles. The van der Waals surface area contributed by atoms with Crippen molar-refractivity contribution in [2.45, 2.75) is 38.2 Å². The van der Waals surface area contributed by atoms with Crippen molar-refractivity contribution < 1.29 is 9.53 Å². The minimum atomic E-state index is -0.746. The summed E-state index contributed by atoms with van der Waals surface area (Å²) in [7, 11) is 1.64. The number of ketones is 1. The van der Waals surface area contributed by atoms with Crippen LogP contribution in [0.2, 0.25) is 0 Å². The topological polar surface area (TPSA) is 26.3 Å². The third-order valence-corrected chi connectivity index (χ3v) is 4.38. The maximum Gasteiger partial charge on any atom is 0.199 e. The second-order valence-corrected chi connectivity index (χ2v) is 5.28. The molecule has 0 bridgehead atoms. The van der Waals surface area contributed by atoms with E-state index in [1.54, 1.807) is 7.11 Å². The van der Waals surface area contributed by atoms with Crippen LogP contribution in [-0.2, 0) is 4.74 Å². The molecule has 2 heteroatoms. The average molecular weight is 242 g/mol. The first-order valence-electron chi connectivity index (χ1n) is 6.60. The van der Waals surface area contributed by atoms with Crippen LogP contribution in [0.3, 0.4) is 0 Å². The third kappa shape index (κ3) is 1.42. The number of methoxy groups -OCH3 is 1. The molecule has 1 aromatic carbocycles. The lowest BCUT2D eigenvalue weighted by Crippen LogP contribution is -2.43. The molecule has 0 heterocycles. The van der Waals surface area contributed by atoms with Crippen molar-refractivity contribution in [1.29, 1.82) is 0 Å². The summed E-state index contributed by atoms with van der Waals surface area (Å²) in [5.41, 5.74) is 3.76. The van der Waals surface area contributed by atoms with E-state index < -0.39 is 5.60 Å². The zero-order valence-corrected chi connectivity index (χ0v) is 11.0. The molecule has 2 aliphatic carbocycles. The number of ether oxygens (including phenoxy) is 1. The Balaban J connectivity index is 2.29. The lowest BCUT2D eigenvalue weighted by molar-refractivity contribution is 0.0289. The highest BCUT2D eigenvalue weighted by molar-refractivity contribution is 6.12. The van der Waals surface area contributed by atoms with Gasteiger partial charge in [0.2, 0.25) is 0 Å². The van der Waals surface area contributed by atoms with Crippen molar-refractivity contribution in [3.8, 4) is 0 Å². The van der Waals surface area contributed by atoms with Gasteiger partial charge in [-0.15, -0.1) is 0 Å². The van der Waals surface area contributed by atoms with Gasteiger partial charge in [0.1, 0.15) is 5.60 Å². The highest BCUT2D eigenvalue weighted by atomic mass is 16.5. The first-order chi connectivity index (χ1) is 8.68. The van der Waals surface area contributed by atoms with Crippen LogP contribution in [0.15, 0.2) is 29.8 Å². The van der Waals surface area contributed by atoms with Crippen molar-refractivity contribution >= 4 is 11.4 Å². The molecular weight excluding hydrogens is 224 g/mol. The van der Waals surface area contributed by atoms with Crippen LogP contribution < -0.4 is 0 Å². The number of benzene rings is 1. The normalized spacial score (nSPS) is 26.9. The quantitative estimate of drug-likeness (QED) is 0.752. The molecule has 2 nitrogen and oxygen atoms in total. The van der Waals surface area contributed by atoms with E-state index >= 15 is 0 Å². The van der Waals surface area contributed by atoms with Crippen molar-refractivity contribution in [3.63, 3.8) is 0 Å². The third-order valence-electron chi connectivity index (χ3n) is 4.38. The van der Waals surface area contributed by atoms with Gasteiger partial charge in [-0.1, -0.05) is 24.3 Å². The molecule has 2 aliphatic rings. The van der Waals surface area contributed by atoms with Crippen LogP contribution in [0.5, 0.6) is 0 Å². The highest BCUT2D eigenvalue weighted by Gasteiger charge is 2.44. The van der Waals surface area contributed by atoms with E-state index in [2.05, 4.69) is 6.07 Å². The molecule has 0 saturated carbocycles. The molecule has 1 unspecified atom stereocenters. The molecule has 1 atom stereocenters. The fourth-order valence-electron chi connectivity index (χ4n) is 3.28. The molecule has 0 N–H and O–H groups in total. The Bertz CT molecular complexity index is 542.